The van der Waals surface area contributed by atoms with Crippen LogP contribution in [0.25, 0.3) is 0 Å². The van der Waals surface area contributed by atoms with E-state index in [1.807, 2.05) is 0 Å². The topological polar surface area (TPSA) is 37.3 Å². The maximum absolute atomic E-state index is 13.3. The van der Waals surface area contributed by atoms with Crippen molar-refractivity contribution in [2.24, 2.45) is 0 Å². The molecule has 0 spiro atoms. The monoisotopic (exact) mass is 236 g/mol. The number of benzene rings is 1. The highest BCUT2D eigenvalue weighted by atomic mass is 19.3. The molecule has 6 heteroatoms. The molecule has 0 aliphatic carbocycles. The fraction of sp³-hybridized carbons (Fsp3) is 0.300. The Morgan fingerprint density at radius 1 is 1.31 bits per heavy atom. The molecule has 0 saturated heterocycles. The lowest BCUT2D eigenvalue weighted by atomic mass is 10.0. The van der Waals surface area contributed by atoms with E-state index in [0.717, 1.165) is 0 Å². The second-order valence-electron chi connectivity index (χ2n) is 3.22. The van der Waals surface area contributed by atoms with Crippen LogP contribution in [0.5, 0.6) is 0 Å². The Morgan fingerprint density at radius 3 is 2.50 bits per heavy atom. The van der Waals surface area contributed by atoms with Gasteiger partial charge in [-0.3, -0.25) is 4.79 Å². The third kappa shape index (κ3) is 2.95. The summed E-state index contributed by atoms with van der Waals surface area (Å²) < 4.78 is 52.2. The van der Waals surface area contributed by atoms with Crippen molar-refractivity contribution in [2.45, 2.75) is 18.8 Å². The van der Waals surface area contributed by atoms with E-state index in [1.165, 1.54) is 0 Å². The van der Waals surface area contributed by atoms with Crippen molar-refractivity contribution < 1.29 is 27.5 Å². The number of carbonyl (C=O) groups is 1. The number of rotatable bonds is 4. The summed E-state index contributed by atoms with van der Waals surface area (Å²) in [6.07, 6.45) is -1.88. The van der Waals surface area contributed by atoms with Crippen LogP contribution in [0.15, 0.2) is 18.2 Å². The quantitative estimate of drug-likeness (QED) is 0.816. The van der Waals surface area contributed by atoms with E-state index in [4.69, 9.17) is 5.11 Å². The average molecular weight is 236 g/mol. The Labute approximate surface area is 88.5 Å². The first-order chi connectivity index (χ1) is 7.33. The largest absolute Gasteiger partial charge is 0.481 e. The summed E-state index contributed by atoms with van der Waals surface area (Å²) in [6.45, 7) is 0. The number of hydrogen-bond donors (Lipinski definition) is 1. The predicted molar refractivity (Wildman–Crippen MR) is 47.1 cm³/mol. The van der Waals surface area contributed by atoms with Crippen LogP contribution >= 0.6 is 0 Å². The van der Waals surface area contributed by atoms with E-state index in [1.54, 1.807) is 0 Å². The highest BCUT2D eigenvalue weighted by molar-refractivity contribution is 5.66. The summed E-state index contributed by atoms with van der Waals surface area (Å²) in [4.78, 5) is 10.1. The normalized spacial score (nSPS) is 11.5. The maximum atomic E-state index is 13.3. The summed E-state index contributed by atoms with van der Waals surface area (Å²) in [5.74, 6) is -7.36. The van der Waals surface area contributed by atoms with Gasteiger partial charge in [-0.1, -0.05) is 0 Å². The molecule has 88 valence electrons. The summed E-state index contributed by atoms with van der Waals surface area (Å²) in [7, 11) is 0. The fourth-order valence-electron chi connectivity index (χ4n) is 1.18. The first-order valence-electron chi connectivity index (χ1n) is 4.38. The van der Waals surface area contributed by atoms with Gasteiger partial charge >= 0.3 is 5.97 Å². The Balaban J connectivity index is 2.96. The Hall–Kier alpha value is -1.59. The minimum Gasteiger partial charge on any atom is -0.481 e. The lowest BCUT2D eigenvalue weighted by molar-refractivity contribution is -0.139. The average Bonchev–Trinajstić information content (AvgIpc) is 2.19. The molecule has 0 aromatic heterocycles. The molecule has 1 aromatic rings. The summed E-state index contributed by atoms with van der Waals surface area (Å²) in [6, 6.07) is 1.67. The molecule has 0 atom stereocenters. The highest BCUT2D eigenvalue weighted by Gasteiger charge is 2.35. The van der Waals surface area contributed by atoms with Crippen LogP contribution < -0.4 is 0 Å². The van der Waals surface area contributed by atoms with Crippen molar-refractivity contribution >= 4 is 5.97 Å². The summed E-state index contributed by atoms with van der Waals surface area (Å²) in [5, 5.41) is 8.25. The summed E-state index contributed by atoms with van der Waals surface area (Å²) >= 11 is 0. The fourth-order valence-corrected chi connectivity index (χ4v) is 1.18. The molecular weight excluding hydrogens is 228 g/mol. The van der Waals surface area contributed by atoms with Gasteiger partial charge in [0.25, 0.3) is 5.92 Å². The van der Waals surface area contributed by atoms with E-state index in [9.17, 15) is 22.4 Å². The molecule has 1 aromatic carbocycles. The zero-order chi connectivity index (χ0) is 12.3. The van der Waals surface area contributed by atoms with Crippen LogP contribution in [-0.4, -0.2) is 11.1 Å². The number of alkyl halides is 2. The Kier molecular flexibility index (Phi) is 3.51. The minimum absolute atomic E-state index is 0.372. The molecule has 0 aliphatic rings. The molecule has 0 bridgehead atoms. The molecule has 0 amide bonds. The molecule has 1 rings (SSSR count). The number of hydrogen-bond acceptors (Lipinski definition) is 1. The van der Waals surface area contributed by atoms with Gasteiger partial charge in [0, 0.05) is 6.42 Å². The zero-order valence-electron chi connectivity index (χ0n) is 8.01. The van der Waals surface area contributed by atoms with E-state index in [0.29, 0.717) is 18.2 Å². The van der Waals surface area contributed by atoms with Crippen LogP contribution in [0, 0.1) is 11.6 Å². The van der Waals surface area contributed by atoms with E-state index >= 15 is 0 Å². The van der Waals surface area contributed by atoms with Gasteiger partial charge < -0.3 is 5.11 Å². The van der Waals surface area contributed by atoms with Crippen molar-refractivity contribution in [3.8, 4) is 0 Å². The number of halogens is 4. The molecule has 0 aliphatic heterocycles. The third-order valence-electron chi connectivity index (χ3n) is 1.98. The predicted octanol–water partition coefficient (Wildman–Crippen LogP) is 2.92. The maximum Gasteiger partial charge on any atom is 0.303 e. The SMILES string of the molecule is O=C(O)CCC(F)(F)c1cc(F)ccc1F. The van der Waals surface area contributed by atoms with Gasteiger partial charge in [0.15, 0.2) is 0 Å². The molecule has 0 unspecified atom stereocenters. The van der Waals surface area contributed by atoms with Gasteiger partial charge in [-0.2, -0.15) is 0 Å². The van der Waals surface area contributed by atoms with Gasteiger partial charge in [0.05, 0.1) is 12.0 Å². The number of carboxylic acid groups (broad SMARTS) is 1. The van der Waals surface area contributed by atoms with E-state index < -0.39 is 41.9 Å². The van der Waals surface area contributed by atoms with E-state index in [2.05, 4.69) is 0 Å². The van der Waals surface area contributed by atoms with Crippen LogP contribution in [0.1, 0.15) is 18.4 Å². The van der Waals surface area contributed by atoms with Crippen LogP contribution in [-0.2, 0) is 10.7 Å². The van der Waals surface area contributed by atoms with Crippen molar-refractivity contribution in [3.05, 3.63) is 35.4 Å². The second kappa shape index (κ2) is 4.51. The van der Waals surface area contributed by atoms with Crippen LogP contribution in [0.3, 0.4) is 0 Å². The molecule has 0 radical (unpaired) electrons. The Bertz CT molecular complexity index is 404. The van der Waals surface area contributed by atoms with Gasteiger partial charge in [0.2, 0.25) is 0 Å². The molecule has 2 nitrogen and oxygen atoms in total. The first kappa shape index (κ1) is 12.5. The first-order valence-corrected chi connectivity index (χ1v) is 4.38. The van der Waals surface area contributed by atoms with Crippen LogP contribution in [0.4, 0.5) is 17.6 Å². The molecule has 16 heavy (non-hydrogen) atoms. The second-order valence-corrected chi connectivity index (χ2v) is 3.22. The molecule has 0 saturated carbocycles. The smallest absolute Gasteiger partial charge is 0.303 e. The van der Waals surface area contributed by atoms with Crippen molar-refractivity contribution in [3.63, 3.8) is 0 Å². The van der Waals surface area contributed by atoms with Gasteiger partial charge in [-0.25, -0.2) is 17.6 Å². The lowest BCUT2D eigenvalue weighted by Gasteiger charge is -2.16. The minimum atomic E-state index is -3.69. The molecule has 1 N–H and O–H groups in total. The van der Waals surface area contributed by atoms with Crippen molar-refractivity contribution in [1.82, 2.24) is 0 Å². The van der Waals surface area contributed by atoms with Gasteiger partial charge in [0.1, 0.15) is 11.6 Å². The van der Waals surface area contributed by atoms with Crippen molar-refractivity contribution in [2.75, 3.05) is 0 Å². The number of carboxylic acids is 1. The summed E-state index contributed by atoms with van der Waals surface area (Å²) in [5.41, 5.74) is -1.12. The molecular formula is C10H8F4O2. The van der Waals surface area contributed by atoms with E-state index in [-0.39, 0.29) is 0 Å². The molecule has 0 fully saturated rings. The highest BCUT2D eigenvalue weighted by Crippen LogP contribution is 2.34. The van der Waals surface area contributed by atoms with Gasteiger partial charge in [-0.15, -0.1) is 0 Å². The molecule has 0 heterocycles. The Morgan fingerprint density at radius 2 is 1.94 bits per heavy atom. The standard InChI is InChI=1S/C10H8F4O2/c11-6-1-2-8(12)7(5-6)10(13,14)4-3-9(15)16/h1-2,5H,3-4H2,(H,15,16). The number of aliphatic carboxylic acids is 1. The zero-order valence-corrected chi connectivity index (χ0v) is 8.01. The lowest BCUT2D eigenvalue weighted by Crippen LogP contribution is -2.17. The third-order valence-corrected chi connectivity index (χ3v) is 1.98. The van der Waals surface area contributed by atoms with Gasteiger partial charge in [-0.05, 0) is 18.2 Å². The van der Waals surface area contributed by atoms with Crippen molar-refractivity contribution in [1.29, 1.82) is 0 Å². The van der Waals surface area contributed by atoms with Crippen LogP contribution in [0.2, 0.25) is 0 Å².